The van der Waals surface area contributed by atoms with E-state index in [1.807, 2.05) is 47.8 Å². The summed E-state index contributed by atoms with van der Waals surface area (Å²) in [7, 11) is 1.54. The van der Waals surface area contributed by atoms with Crippen LogP contribution in [0.25, 0.3) is 10.9 Å². The number of para-hydroxylation sites is 1. The molecular formula is C24H18BrN3O4S. The summed E-state index contributed by atoms with van der Waals surface area (Å²) in [6, 6.07) is 17.3. The lowest BCUT2D eigenvalue weighted by Crippen LogP contribution is -2.30. The molecule has 4 aromatic rings. The Morgan fingerprint density at radius 3 is 2.73 bits per heavy atom. The molecule has 9 heteroatoms. The minimum absolute atomic E-state index is 0.205. The lowest BCUT2D eigenvalue weighted by atomic mass is 10.1. The van der Waals surface area contributed by atoms with Gasteiger partial charge >= 0.3 is 6.03 Å². The molecule has 0 radical (unpaired) electrons. The number of anilines is 1. The molecule has 0 bridgehead atoms. The molecule has 7 nitrogen and oxygen atoms in total. The summed E-state index contributed by atoms with van der Waals surface area (Å²) in [6.07, 6.45) is 0. The number of benzene rings is 2. The van der Waals surface area contributed by atoms with Gasteiger partial charge in [0, 0.05) is 11.5 Å². The molecule has 1 atom stereocenters. The van der Waals surface area contributed by atoms with Crippen molar-refractivity contribution in [1.29, 1.82) is 0 Å². The molecule has 3 heterocycles. The predicted octanol–water partition coefficient (Wildman–Crippen LogP) is 5.44. The van der Waals surface area contributed by atoms with E-state index >= 15 is 0 Å². The molecule has 0 saturated carbocycles. The summed E-state index contributed by atoms with van der Waals surface area (Å²) in [6.45, 7) is 0.205. The normalized spacial score (nSPS) is 15.7. The zero-order valence-corrected chi connectivity index (χ0v) is 19.9. The van der Waals surface area contributed by atoms with Crippen molar-refractivity contribution >= 4 is 55.8 Å². The van der Waals surface area contributed by atoms with E-state index in [4.69, 9.17) is 9.47 Å². The maximum absolute atomic E-state index is 13.0. The van der Waals surface area contributed by atoms with Gasteiger partial charge in [-0.1, -0.05) is 24.3 Å². The number of carbonyl (C=O) groups excluding carboxylic acids is 2. The van der Waals surface area contributed by atoms with Gasteiger partial charge < -0.3 is 14.8 Å². The molecule has 2 aromatic carbocycles. The van der Waals surface area contributed by atoms with E-state index in [0.29, 0.717) is 17.2 Å². The number of pyridine rings is 1. The van der Waals surface area contributed by atoms with Crippen molar-refractivity contribution in [1.82, 2.24) is 10.3 Å². The highest BCUT2D eigenvalue weighted by Gasteiger charge is 2.40. The zero-order valence-electron chi connectivity index (χ0n) is 17.4. The van der Waals surface area contributed by atoms with E-state index in [0.717, 1.165) is 30.8 Å². The minimum atomic E-state index is -0.728. The largest absolute Gasteiger partial charge is 0.493 e. The topological polar surface area (TPSA) is 80.8 Å². The van der Waals surface area contributed by atoms with Crippen molar-refractivity contribution in [2.75, 3.05) is 12.0 Å². The van der Waals surface area contributed by atoms with Crippen LogP contribution in [0.3, 0.4) is 0 Å². The Bertz CT molecular complexity index is 1370. The maximum Gasteiger partial charge on any atom is 0.329 e. The number of thiophene rings is 1. The Labute approximate surface area is 202 Å². The number of ether oxygens (including phenoxy) is 2. The number of imide groups is 1. The van der Waals surface area contributed by atoms with E-state index < -0.39 is 12.1 Å². The highest BCUT2D eigenvalue weighted by Crippen LogP contribution is 2.36. The second-order valence-electron chi connectivity index (χ2n) is 7.36. The van der Waals surface area contributed by atoms with Crippen molar-refractivity contribution < 1.29 is 19.1 Å². The number of aromatic nitrogens is 1. The first-order valence-electron chi connectivity index (χ1n) is 10.1. The quantitative estimate of drug-likeness (QED) is 0.340. The van der Waals surface area contributed by atoms with Crippen LogP contribution in [0.15, 0.2) is 69.8 Å². The van der Waals surface area contributed by atoms with Gasteiger partial charge in [-0.2, -0.15) is 0 Å². The molecule has 2 aromatic heterocycles. The van der Waals surface area contributed by atoms with Gasteiger partial charge in [0.1, 0.15) is 12.6 Å². The standard InChI is InChI=1S/C24H18BrN3O4S/c1-31-19-9-8-17(28-23(29)22(27-24(28)30)15-10-21(25)33-13-15)11-20(19)32-12-16-7-6-14-4-2-3-5-18(14)26-16/h2-11,13,22H,12H2,1H3,(H,27,30). The van der Waals surface area contributed by atoms with Gasteiger partial charge in [0.15, 0.2) is 11.5 Å². The van der Waals surface area contributed by atoms with Crippen LogP contribution >= 0.6 is 27.3 Å². The van der Waals surface area contributed by atoms with E-state index in [1.54, 1.807) is 18.2 Å². The number of amides is 3. The summed E-state index contributed by atoms with van der Waals surface area (Å²) in [4.78, 5) is 31.4. The number of fused-ring (bicyclic) bond motifs is 1. The van der Waals surface area contributed by atoms with Gasteiger partial charge in [-0.3, -0.25) is 4.79 Å². The van der Waals surface area contributed by atoms with Crippen LogP contribution in [-0.2, 0) is 11.4 Å². The molecule has 0 aliphatic carbocycles. The average Bonchev–Trinajstić information content (AvgIpc) is 3.39. The molecule has 5 rings (SSSR count). The Kier molecular flexibility index (Phi) is 5.74. The lowest BCUT2D eigenvalue weighted by Gasteiger charge is -2.17. The number of nitrogens with one attached hydrogen (secondary N) is 1. The van der Waals surface area contributed by atoms with Crippen LogP contribution in [0.4, 0.5) is 10.5 Å². The lowest BCUT2D eigenvalue weighted by molar-refractivity contribution is -0.118. The van der Waals surface area contributed by atoms with Crippen LogP contribution < -0.4 is 19.7 Å². The van der Waals surface area contributed by atoms with Crippen molar-refractivity contribution in [3.63, 3.8) is 0 Å². The third-order valence-corrected chi connectivity index (χ3v) is 6.82. The van der Waals surface area contributed by atoms with E-state index in [-0.39, 0.29) is 12.5 Å². The second-order valence-corrected chi connectivity index (χ2v) is 9.65. The smallest absolute Gasteiger partial charge is 0.329 e. The molecule has 1 aliphatic rings. The predicted molar refractivity (Wildman–Crippen MR) is 130 cm³/mol. The second kappa shape index (κ2) is 8.84. The van der Waals surface area contributed by atoms with Gasteiger partial charge in [0.25, 0.3) is 5.91 Å². The molecule has 1 N–H and O–H groups in total. The fourth-order valence-corrected chi connectivity index (χ4v) is 4.88. The van der Waals surface area contributed by atoms with Crippen molar-refractivity contribution in [2.24, 2.45) is 0 Å². The van der Waals surface area contributed by atoms with E-state index in [1.165, 1.54) is 18.4 Å². The van der Waals surface area contributed by atoms with Crippen molar-refractivity contribution in [3.05, 3.63) is 81.1 Å². The molecule has 1 saturated heterocycles. The fraction of sp³-hybridized carbons (Fsp3) is 0.125. The number of hydrogen-bond donors (Lipinski definition) is 1. The number of halogens is 1. The molecule has 1 fully saturated rings. The first-order valence-corrected chi connectivity index (χ1v) is 11.7. The fourth-order valence-electron chi connectivity index (χ4n) is 3.68. The number of nitrogens with zero attached hydrogens (tertiary/aromatic N) is 2. The first kappa shape index (κ1) is 21.4. The van der Waals surface area contributed by atoms with E-state index in [9.17, 15) is 9.59 Å². The number of hydrogen-bond acceptors (Lipinski definition) is 6. The highest BCUT2D eigenvalue weighted by atomic mass is 79.9. The van der Waals surface area contributed by atoms with Crippen LogP contribution in [0, 0.1) is 0 Å². The summed E-state index contributed by atoms with van der Waals surface area (Å²) >= 11 is 4.85. The molecule has 0 spiro atoms. The molecule has 166 valence electrons. The summed E-state index contributed by atoms with van der Waals surface area (Å²) in [5.41, 5.74) is 2.76. The highest BCUT2D eigenvalue weighted by molar-refractivity contribution is 9.11. The number of methoxy groups -OCH3 is 1. The Balaban J connectivity index is 1.39. The zero-order chi connectivity index (χ0) is 22.9. The Morgan fingerprint density at radius 2 is 1.94 bits per heavy atom. The van der Waals surface area contributed by atoms with Crippen LogP contribution in [0.5, 0.6) is 11.5 Å². The Morgan fingerprint density at radius 1 is 1.09 bits per heavy atom. The molecule has 1 aliphatic heterocycles. The molecule has 33 heavy (non-hydrogen) atoms. The van der Waals surface area contributed by atoms with Gasteiger partial charge in [-0.15, -0.1) is 11.3 Å². The Hall–Kier alpha value is -3.43. The number of rotatable bonds is 6. The average molecular weight is 524 g/mol. The van der Waals surface area contributed by atoms with E-state index in [2.05, 4.69) is 26.2 Å². The van der Waals surface area contributed by atoms with Crippen LogP contribution in [-0.4, -0.2) is 24.0 Å². The minimum Gasteiger partial charge on any atom is -0.493 e. The summed E-state index contributed by atoms with van der Waals surface area (Å²) < 4.78 is 12.3. The summed E-state index contributed by atoms with van der Waals surface area (Å²) in [5, 5.41) is 5.64. The molecule has 1 unspecified atom stereocenters. The van der Waals surface area contributed by atoms with Crippen molar-refractivity contribution in [3.8, 4) is 11.5 Å². The first-order chi connectivity index (χ1) is 16.0. The monoisotopic (exact) mass is 523 g/mol. The van der Waals surface area contributed by atoms with Gasteiger partial charge in [0.2, 0.25) is 0 Å². The molecule has 3 amide bonds. The SMILES string of the molecule is COc1ccc(N2C(=O)NC(c3csc(Br)c3)C2=O)cc1OCc1ccc2ccccc2n1. The maximum atomic E-state index is 13.0. The third kappa shape index (κ3) is 4.17. The third-order valence-electron chi connectivity index (χ3n) is 5.30. The summed E-state index contributed by atoms with van der Waals surface area (Å²) in [5.74, 6) is 0.551. The molecular weight excluding hydrogens is 506 g/mol. The van der Waals surface area contributed by atoms with Crippen LogP contribution in [0.2, 0.25) is 0 Å². The van der Waals surface area contributed by atoms with Gasteiger partial charge in [-0.25, -0.2) is 14.7 Å². The van der Waals surface area contributed by atoms with Gasteiger partial charge in [-0.05, 0) is 57.2 Å². The van der Waals surface area contributed by atoms with Gasteiger partial charge in [0.05, 0.1) is 27.8 Å². The van der Waals surface area contributed by atoms with Crippen molar-refractivity contribution in [2.45, 2.75) is 12.6 Å². The number of carbonyl (C=O) groups is 2. The number of urea groups is 1. The van der Waals surface area contributed by atoms with Crippen LogP contribution in [0.1, 0.15) is 17.3 Å².